The third-order valence-electron chi connectivity index (χ3n) is 4.63. The largest absolute Gasteiger partial charge is 0.494 e. The van der Waals surface area contributed by atoms with Crippen LogP contribution in [0.3, 0.4) is 0 Å². The van der Waals surface area contributed by atoms with Crippen molar-refractivity contribution in [1.82, 2.24) is 4.98 Å². The van der Waals surface area contributed by atoms with Crippen LogP contribution in [0.2, 0.25) is 0 Å². The molecule has 33 heavy (non-hydrogen) atoms. The molecule has 10 heteroatoms. The Labute approximate surface area is 196 Å². The molecule has 168 valence electrons. The van der Waals surface area contributed by atoms with Crippen LogP contribution in [-0.4, -0.2) is 22.4 Å². The van der Waals surface area contributed by atoms with Crippen molar-refractivity contribution in [2.45, 2.75) is 13.3 Å². The van der Waals surface area contributed by atoms with E-state index >= 15 is 0 Å². The number of ether oxygens (including phenoxy) is 1. The molecule has 0 aliphatic carbocycles. The topological polar surface area (TPSA) is 94.4 Å². The first-order chi connectivity index (χ1) is 15.9. The molecular weight excluding hydrogens is 465 g/mol. The minimum Gasteiger partial charge on any atom is -0.494 e. The van der Waals surface area contributed by atoms with E-state index in [1.807, 2.05) is 31.2 Å². The van der Waals surface area contributed by atoms with E-state index in [9.17, 15) is 19.3 Å². The SMILES string of the molecule is CCOc1ccc(-c2nc(NC(=O)c3ccc([N+](=O)[O-])s3)sc2Cc2ccc(F)cc2)cc1. The average Bonchev–Trinajstić information content (AvgIpc) is 3.44. The fraction of sp³-hybridized carbons (Fsp3) is 0.130. The second kappa shape index (κ2) is 9.88. The van der Waals surface area contributed by atoms with Crippen LogP contribution in [0, 0.1) is 15.9 Å². The maximum atomic E-state index is 13.3. The van der Waals surface area contributed by atoms with Gasteiger partial charge < -0.3 is 4.74 Å². The Kier molecular flexibility index (Phi) is 6.76. The molecule has 0 saturated heterocycles. The van der Waals surface area contributed by atoms with Crippen LogP contribution >= 0.6 is 22.7 Å². The standard InChI is InChI=1S/C23H18FN3O4S2/c1-2-31-17-9-5-15(6-10-17)21-19(13-14-3-7-16(24)8-4-14)33-23(25-21)26-22(28)18-11-12-20(32-18)27(29)30/h3-12H,2,13H2,1H3,(H,25,26,28). The number of halogens is 1. The molecule has 0 spiro atoms. The summed E-state index contributed by atoms with van der Waals surface area (Å²) in [7, 11) is 0. The molecule has 1 amide bonds. The van der Waals surface area contributed by atoms with Gasteiger partial charge in [0.15, 0.2) is 5.13 Å². The Morgan fingerprint density at radius 3 is 2.45 bits per heavy atom. The van der Waals surface area contributed by atoms with Gasteiger partial charge >= 0.3 is 5.00 Å². The highest BCUT2D eigenvalue weighted by Crippen LogP contribution is 2.34. The molecule has 2 aromatic carbocycles. The number of carbonyl (C=O) groups is 1. The zero-order valence-electron chi connectivity index (χ0n) is 17.4. The third-order valence-corrected chi connectivity index (χ3v) is 6.64. The van der Waals surface area contributed by atoms with Gasteiger partial charge in [0.25, 0.3) is 5.91 Å². The fourth-order valence-corrected chi connectivity index (χ4v) is 4.85. The van der Waals surface area contributed by atoms with Crippen LogP contribution in [0.1, 0.15) is 27.0 Å². The molecule has 2 heterocycles. The molecule has 4 rings (SSSR count). The Morgan fingerprint density at radius 2 is 1.82 bits per heavy atom. The molecule has 7 nitrogen and oxygen atoms in total. The van der Waals surface area contributed by atoms with Crippen LogP contribution in [-0.2, 0) is 6.42 Å². The lowest BCUT2D eigenvalue weighted by Gasteiger charge is -2.06. The van der Waals surface area contributed by atoms with E-state index in [2.05, 4.69) is 10.3 Å². The number of thiophene rings is 1. The highest BCUT2D eigenvalue weighted by Gasteiger charge is 2.19. The van der Waals surface area contributed by atoms with Crippen LogP contribution < -0.4 is 10.1 Å². The molecule has 1 N–H and O–H groups in total. The van der Waals surface area contributed by atoms with Crippen molar-refractivity contribution in [2.24, 2.45) is 0 Å². The molecule has 0 saturated carbocycles. The summed E-state index contributed by atoms with van der Waals surface area (Å²) in [5, 5.41) is 13.9. The number of thiazole rings is 1. The van der Waals surface area contributed by atoms with E-state index in [1.54, 1.807) is 12.1 Å². The van der Waals surface area contributed by atoms with E-state index in [4.69, 9.17) is 4.74 Å². The summed E-state index contributed by atoms with van der Waals surface area (Å²) in [6.07, 6.45) is 0.501. The molecule has 0 fully saturated rings. The predicted molar refractivity (Wildman–Crippen MR) is 127 cm³/mol. The number of hydrogen-bond acceptors (Lipinski definition) is 7. The second-order valence-corrected chi connectivity index (χ2v) is 9.05. The lowest BCUT2D eigenvalue weighted by atomic mass is 10.1. The average molecular weight is 484 g/mol. The van der Waals surface area contributed by atoms with Crippen molar-refractivity contribution in [1.29, 1.82) is 0 Å². The van der Waals surface area contributed by atoms with Crippen molar-refractivity contribution in [3.8, 4) is 17.0 Å². The zero-order chi connectivity index (χ0) is 23.4. The number of nitrogens with zero attached hydrogens (tertiary/aromatic N) is 2. The van der Waals surface area contributed by atoms with Crippen molar-refractivity contribution in [3.63, 3.8) is 0 Å². The van der Waals surface area contributed by atoms with E-state index in [-0.39, 0.29) is 15.7 Å². The summed E-state index contributed by atoms with van der Waals surface area (Å²) in [5.41, 5.74) is 2.44. The van der Waals surface area contributed by atoms with Crippen LogP contribution in [0.25, 0.3) is 11.3 Å². The summed E-state index contributed by atoms with van der Waals surface area (Å²) in [6.45, 7) is 2.47. The first-order valence-electron chi connectivity index (χ1n) is 9.96. The molecular formula is C23H18FN3O4S2. The van der Waals surface area contributed by atoms with Gasteiger partial charge in [-0.3, -0.25) is 20.2 Å². The normalized spacial score (nSPS) is 10.7. The smallest absolute Gasteiger partial charge is 0.324 e. The monoisotopic (exact) mass is 483 g/mol. The number of nitrogens with one attached hydrogen (secondary N) is 1. The maximum Gasteiger partial charge on any atom is 0.324 e. The highest BCUT2D eigenvalue weighted by molar-refractivity contribution is 7.18. The Morgan fingerprint density at radius 1 is 1.09 bits per heavy atom. The van der Waals surface area contributed by atoms with Gasteiger partial charge in [-0.25, -0.2) is 9.37 Å². The van der Waals surface area contributed by atoms with Crippen molar-refractivity contribution >= 4 is 38.7 Å². The second-order valence-electron chi connectivity index (χ2n) is 6.90. The van der Waals surface area contributed by atoms with Gasteiger partial charge in [0, 0.05) is 22.9 Å². The Bertz CT molecular complexity index is 1280. The van der Waals surface area contributed by atoms with Gasteiger partial charge in [0.1, 0.15) is 11.6 Å². The number of aromatic nitrogens is 1. The molecule has 0 aliphatic heterocycles. The van der Waals surface area contributed by atoms with Crippen molar-refractivity contribution in [3.05, 3.63) is 91.9 Å². The quantitative estimate of drug-likeness (QED) is 0.239. The van der Waals surface area contributed by atoms with Crippen molar-refractivity contribution in [2.75, 3.05) is 11.9 Å². The molecule has 0 bridgehead atoms. The van der Waals surface area contributed by atoms with Gasteiger partial charge in [-0.2, -0.15) is 0 Å². The number of rotatable bonds is 8. The first-order valence-corrected chi connectivity index (χ1v) is 11.6. The maximum absolute atomic E-state index is 13.3. The predicted octanol–water partition coefficient (Wildman–Crippen LogP) is 6.16. The number of carbonyl (C=O) groups excluding carboxylic acids is 1. The fourth-order valence-electron chi connectivity index (χ4n) is 3.12. The minimum absolute atomic E-state index is 0.105. The number of hydrogen-bond donors (Lipinski definition) is 1. The van der Waals surface area contributed by atoms with Gasteiger partial charge in [0.05, 0.1) is 22.1 Å². The number of amides is 1. The Balaban J connectivity index is 1.63. The molecule has 0 unspecified atom stereocenters. The number of nitro groups is 1. The molecule has 2 aromatic heterocycles. The van der Waals surface area contributed by atoms with E-state index in [0.717, 1.165) is 33.1 Å². The third kappa shape index (κ3) is 5.41. The van der Waals surface area contributed by atoms with E-state index in [1.165, 1.54) is 35.6 Å². The van der Waals surface area contributed by atoms with E-state index < -0.39 is 10.8 Å². The lowest BCUT2D eigenvalue weighted by molar-refractivity contribution is -0.380. The molecule has 0 aliphatic rings. The first kappa shape index (κ1) is 22.6. The summed E-state index contributed by atoms with van der Waals surface area (Å²) in [4.78, 5) is 28.7. The summed E-state index contributed by atoms with van der Waals surface area (Å²) < 4.78 is 18.8. The van der Waals surface area contributed by atoms with Crippen molar-refractivity contribution < 1.29 is 18.8 Å². The Hall–Kier alpha value is -3.63. The minimum atomic E-state index is -0.532. The summed E-state index contributed by atoms with van der Waals surface area (Å²) in [5.74, 6) is -0.0365. The zero-order valence-corrected chi connectivity index (χ0v) is 19.0. The number of benzene rings is 2. The van der Waals surface area contributed by atoms with Crippen LogP contribution in [0.5, 0.6) is 5.75 Å². The van der Waals surface area contributed by atoms with Gasteiger partial charge in [0.2, 0.25) is 0 Å². The number of anilines is 1. The highest BCUT2D eigenvalue weighted by atomic mass is 32.1. The molecule has 0 atom stereocenters. The van der Waals surface area contributed by atoms with Crippen LogP contribution in [0.15, 0.2) is 60.7 Å². The van der Waals surface area contributed by atoms with E-state index in [0.29, 0.717) is 23.9 Å². The van der Waals surface area contributed by atoms with Gasteiger partial charge in [-0.1, -0.05) is 23.5 Å². The van der Waals surface area contributed by atoms with Crippen LogP contribution in [0.4, 0.5) is 14.5 Å². The molecule has 4 aromatic rings. The lowest BCUT2D eigenvalue weighted by Crippen LogP contribution is -2.09. The van der Waals surface area contributed by atoms with Gasteiger partial charge in [-0.05, 0) is 55.0 Å². The summed E-state index contributed by atoms with van der Waals surface area (Å²) >= 11 is 2.11. The molecule has 0 radical (unpaired) electrons. The van der Waals surface area contributed by atoms with Gasteiger partial charge in [-0.15, -0.1) is 11.3 Å². The summed E-state index contributed by atoms with van der Waals surface area (Å²) in [6, 6.07) is 16.4.